The third-order valence-electron chi connectivity index (χ3n) is 2.98. The van der Waals surface area contributed by atoms with Crippen LogP contribution in [-0.2, 0) is 9.53 Å². The zero-order valence-electron chi connectivity index (χ0n) is 10.6. The minimum absolute atomic E-state index is 0.0959. The first kappa shape index (κ1) is 12.1. The molecule has 0 heterocycles. The van der Waals surface area contributed by atoms with Crippen LogP contribution in [0, 0.1) is 0 Å². The number of ether oxygens (including phenoxy) is 1. The maximum absolute atomic E-state index is 12.0. The van der Waals surface area contributed by atoms with E-state index >= 15 is 0 Å². The molecular formula is C14H19NO2. The number of hydrogen-bond donors (Lipinski definition) is 1. The molecule has 0 spiro atoms. The van der Waals surface area contributed by atoms with Crippen molar-refractivity contribution in [2.75, 3.05) is 0 Å². The van der Waals surface area contributed by atoms with Crippen molar-refractivity contribution in [2.24, 2.45) is 5.73 Å². The predicted octanol–water partition coefficient (Wildman–Crippen LogP) is 2.21. The van der Waals surface area contributed by atoms with E-state index < -0.39 is 11.1 Å². The molecule has 0 aliphatic heterocycles. The molecule has 2 atom stereocenters. The SMILES string of the molecule is CC(C)(C)OC(=O)[C@]1(N)C[C@@H]1c1ccccc1. The van der Waals surface area contributed by atoms with E-state index in [0.29, 0.717) is 6.42 Å². The largest absolute Gasteiger partial charge is 0.459 e. The van der Waals surface area contributed by atoms with E-state index in [1.807, 2.05) is 51.1 Å². The molecule has 92 valence electrons. The number of rotatable bonds is 2. The summed E-state index contributed by atoms with van der Waals surface area (Å²) in [5.41, 5.74) is 5.91. The first-order valence-corrected chi connectivity index (χ1v) is 5.90. The van der Waals surface area contributed by atoms with Crippen LogP contribution >= 0.6 is 0 Å². The Hall–Kier alpha value is -1.35. The van der Waals surface area contributed by atoms with Crippen LogP contribution in [0.4, 0.5) is 0 Å². The van der Waals surface area contributed by atoms with E-state index in [0.717, 1.165) is 5.56 Å². The van der Waals surface area contributed by atoms with Crippen molar-refractivity contribution in [3.63, 3.8) is 0 Å². The standard InChI is InChI=1S/C14H19NO2/c1-13(2,3)17-12(16)14(15)9-11(14)10-7-5-4-6-8-10/h4-8,11H,9,15H2,1-3H3/t11-,14+/m1/s1. The maximum atomic E-state index is 12.0. The lowest BCUT2D eigenvalue weighted by molar-refractivity contribution is -0.157. The summed E-state index contributed by atoms with van der Waals surface area (Å²) in [6, 6.07) is 9.89. The minimum Gasteiger partial charge on any atom is -0.459 e. The summed E-state index contributed by atoms with van der Waals surface area (Å²) in [4.78, 5) is 12.0. The van der Waals surface area contributed by atoms with E-state index in [4.69, 9.17) is 10.5 Å². The Morgan fingerprint density at radius 2 is 1.94 bits per heavy atom. The molecule has 0 amide bonds. The second kappa shape index (κ2) is 3.84. The molecule has 17 heavy (non-hydrogen) atoms. The zero-order valence-corrected chi connectivity index (χ0v) is 10.6. The first-order valence-electron chi connectivity index (χ1n) is 5.90. The molecule has 2 N–H and O–H groups in total. The molecule has 0 radical (unpaired) electrons. The molecule has 0 unspecified atom stereocenters. The summed E-state index contributed by atoms with van der Waals surface area (Å²) >= 11 is 0. The van der Waals surface area contributed by atoms with Crippen LogP contribution in [0.1, 0.15) is 38.7 Å². The lowest BCUT2D eigenvalue weighted by Crippen LogP contribution is -2.40. The van der Waals surface area contributed by atoms with Crippen LogP contribution in [0.25, 0.3) is 0 Å². The molecule has 1 aliphatic carbocycles. The lowest BCUT2D eigenvalue weighted by atomic mass is 10.1. The molecule has 1 aromatic carbocycles. The van der Waals surface area contributed by atoms with Gasteiger partial charge in [-0.15, -0.1) is 0 Å². The maximum Gasteiger partial charge on any atom is 0.327 e. The number of carbonyl (C=O) groups excluding carboxylic acids is 1. The second-order valence-corrected chi connectivity index (χ2v) is 5.71. The third kappa shape index (κ3) is 2.50. The van der Waals surface area contributed by atoms with Gasteiger partial charge in [0.2, 0.25) is 0 Å². The molecule has 0 bridgehead atoms. The Morgan fingerprint density at radius 1 is 1.35 bits per heavy atom. The fourth-order valence-electron chi connectivity index (χ4n) is 1.98. The van der Waals surface area contributed by atoms with Crippen molar-refractivity contribution in [3.05, 3.63) is 35.9 Å². The molecule has 0 aromatic heterocycles. The summed E-state index contributed by atoms with van der Waals surface area (Å²) < 4.78 is 5.35. The van der Waals surface area contributed by atoms with Crippen LogP contribution in [-0.4, -0.2) is 17.1 Å². The average Bonchev–Trinajstić information content (AvgIpc) is 2.91. The van der Waals surface area contributed by atoms with Gasteiger partial charge < -0.3 is 10.5 Å². The van der Waals surface area contributed by atoms with Gasteiger partial charge in [-0.25, -0.2) is 0 Å². The summed E-state index contributed by atoms with van der Waals surface area (Å²) in [7, 11) is 0. The zero-order chi connectivity index (χ0) is 12.7. The molecule has 1 aromatic rings. The van der Waals surface area contributed by atoms with Crippen molar-refractivity contribution < 1.29 is 9.53 Å². The predicted molar refractivity (Wildman–Crippen MR) is 66.6 cm³/mol. The van der Waals surface area contributed by atoms with Gasteiger partial charge >= 0.3 is 5.97 Å². The van der Waals surface area contributed by atoms with Gasteiger partial charge in [-0.05, 0) is 32.8 Å². The Labute approximate surface area is 102 Å². The van der Waals surface area contributed by atoms with E-state index in [2.05, 4.69) is 0 Å². The smallest absolute Gasteiger partial charge is 0.327 e. The van der Waals surface area contributed by atoms with Crippen LogP contribution in [0.5, 0.6) is 0 Å². The van der Waals surface area contributed by atoms with Crippen LogP contribution in [0.3, 0.4) is 0 Å². The number of hydrogen-bond acceptors (Lipinski definition) is 3. The lowest BCUT2D eigenvalue weighted by Gasteiger charge is -2.22. The molecule has 1 fully saturated rings. The molecule has 3 heteroatoms. The number of benzene rings is 1. The summed E-state index contributed by atoms with van der Waals surface area (Å²) in [6.07, 6.45) is 0.673. The fraction of sp³-hybridized carbons (Fsp3) is 0.500. The topological polar surface area (TPSA) is 52.3 Å². The van der Waals surface area contributed by atoms with Crippen molar-refractivity contribution in [2.45, 2.75) is 44.2 Å². The quantitative estimate of drug-likeness (QED) is 0.797. The molecular weight excluding hydrogens is 214 g/mol. The molecule has 1 aliphatic rings. The molecule has 0 saturated heterocycles. The van der Waals surface area contributed by atoms with Gasteiger partial charge in [0.15, 0.2) is 0 Å². The second-order valence-electron chi connectivity index (χ2n) is 5.71. The number of esters is 1. The van der Waals surface area contributed by atoms with Crippen LogP contribution < -0.4 is 5.73 Å². The monoisotopic (exact) mass is 233 g/mol. The van der Waals surface area contributed by atoms with Gasteiger partial charge in [0.05, 0.1) is 0 Å². The Morgan fingerprint density at radius 3 is 2.47 bits per heavy atom. The van der Waals surface area contributed by atoms with E-state index in [-0.39, 0.29) is 11.9 Å². The van der Waals surface area contributed by atoms with Crippen molar-refractivity contribution >= 4 is 5.97 Å². The summed E-state index contributed by atoms with van der Waals surface area (Å²) in [6.45, 7) is 5.57. The highest BCUT2D eigenvalue weighted by atomic mass is 16.6. The van der Waals surface area contributed by atoms with Gasteiger partial charge in [-0.1, -0.05) is 30.3 Å². The van der Waals surface area contributed by atoms with Crippen molar-refractivity contribution in [3.8, 4) is 0 Å². The van der Waals surface area contributed by atoms with Gasteiger partial charge in [0.25, 0.3) is 0 Å². The third-order valence-corrected chi connectivity index (χ3v) is 2.98. The van der Waals surface area contributed by atoms with Crippen LogP contribution in [0.2, 0.25) is 0 Å². The highest BCUT2D eigenvalue weighted by molar-refractivity contribution is 5.87. The highest BCUT2D eigenvalue weighted by Gasteiger charge is 2.59. The molecule has 2 rings (SSSR count). The molecule has 1 saturated carbocycles. The van der Waals surface area contributed by atoms with Crippen molar-refractivity contribution in [1.29, 1.82) is 0 Å². The van der Waals surface area contributed by atoms with Gasteiger partial charge in [0.1, 0.15) is 11.1 Å². The fourth-order valence-corrected chi connectivity index (χ4v) is 1.98. The van der Waals surface area contributed by atoms with Gasteiger partial charge in [-0.3, -0.25) is 4.79 Å². The normalized spacial score (nSPS) is 27.6. The van der Waals surface area contributed by atoms with Crippen LogP contribution in [0.15, 0.2) is 30.3 Å². The Bertz CT molecular complexity index is 422. The number of nitrogens with two attached hydrogens (primary N) is 1. The van der Waals surface area contributed by atoms with Crippen molar-refractivity contribution in [1.82, 2.24) is 0 Å². The van der Waals surface area contributed by atoms with E-state index in [9.17, 15) is 4.79 Å². The Kier molecular flexibility index (Phi) is 2.74. The van der Waals surface area contributed by atoms with Gasteiger partial charge in [0, 0.05) is 5.92 Å². The summed E-state index contributed by atoms with van der Waals surface area (Å²) in [5.74, 6) is -0.197. The minimum atomic E-state index is -0.825. The highest BCUT2D eigenvalue weighted by Crippen LogP contribution is 2.50. The first-order chi connectivity index (χ1) is 7.83. The van der Waals surface area contributed by atoms with Gasteiger partial charge in [-0.2, -0.15) is 0 Å². The average molecular weight is 233 g/mol. The Balaban J connectivity index is 2.07. The molecule has 3 nitrogen and oxygen atoms in total. The van der Waals surface area contributed by atoms with E-state index in [1.54, 1.807) is 0 Å². The summed E-state index contributed by atoms with van der Waals surface area (Å²) in [5, 5.41) is 0. The number of carbonyl (C=O) groups is 1. The van der Waals surface area contributed by atoms with E-state index in [1.165, 1.54) is 0 Å².